The molecule has 2 atom stereocenters. The van der Waals surface area contributed by atoms with E-state index in [4.69, 9.17) is 4.74 Å². The first kappa shape index (κ1) is 18.2. The van der Waals surface area contributed by atoms with Crippen molar-refractivity contribution in [3.63, 3.8) is 0 Å². The summed E-state index contributed by atoms with van der Waals surface area (Å²) < 4.78 is 5.56. The highest BCUT2D eigenvalue weighted by Gasteiger charge is 2.30. The molecule has 1 aromatic heterocycles. The number of carbonyl (C=O) groups is 1. The Morgan fingerprint density at radius 1 is 1.52 bits per heavy atom. The van der Waals surface area contributed by atoms with Gasteiger partial charge in [0.15, 0.2) is 0 Å². The molecule has 0 radical (unpaired) electrons. The summed E-state index contributed by atoms with van der Waals surface area (Å²) in [7, 11) is 0. The van der Waals surface area contributed by atoms with E-state index < -0.39 is 5.60 Å². The molecule has 0 saturated carbocycles. The molecule has 0 aromatic carbocycles. The first-order chi connectivity index (χ1) is 10.9. The summed E-state index contributed by atoms with van der Waals surface area (Å²) in [4.78, 5) is 18.7. The molecule has 5 nitrogen and oxygen atoms in total. The van der Waals surface area contributed by atoms with Crippen molar-refractivity contribution in [3.05, 3.63) is 16.6 Å². The Bertz CT molecular complexity index is 485. The standard InChI is InChI=1S/C17H29N3O2S/c1-5-14(15-18-9-11-23-15)19-12-13-8-6-7-10-20(13)16(21)22-17(2,3)4/h9,11,13-14,19H,5-8,10,12H2,1-4H3. The van der Waals surface area contributed by atoms with Gasteiger partial charge in [0.25, 0.3) is 0 Å². The number of aromatic nitrogens is 1. The number of hydrogen-bond acceptors (Lipinski definition) is 5. The minimum Gasteiger partial charge on any atom is -0.444 e. The van der Waals surface area contributed by atoms with Gasteiger partial charge < -0.3 is 15.0 Å². The maximum Gasteiger partial charge on any atom is 0.410 e. The summed E-state index contributed by atoms with van der Waals surface area (Å²) in [5, 5.41) is 6.71. The van der Waals surface area contributed by atoms with Crippen LogP contribution in [0.1, 0.15) is 64.4 Å². The zero-order chi connectivity index (χ0) is 16.9. The van der Waals surface area contributed by atoms with Gasteiger partial charge in [-0.2, -0.15) is 0 Å². The molecule has 2 heterocycles. The first-order valence-electron chi connectivity index (χ1n) is 8.53. The Morgan fingerprint density at radius 2 is 2.30 bits per heavy atom. The molecule has 23 heavy (non-hydrogen) atoms. The second-order valence-electron chi connectivity index (χ2n) is 7.06. The summed E-state index contributed by atoms with van der Waals surface area (Å²) in [5.41, 5.74) is -0.445. The van der Waals surface area contributed by atoms with E-state index >= 15 is 0 Å². The van der Waals surface area contributed by atoms with Gasteiger partial charge in [0.2, 0.25) is 0 Å². The van der Waals surface area contributed by atoms with Gasteiger partial charge in [-0.15, -0.1) is 11.3 Å². The Morgan fingerprint density at radius 3 is 2.91 bits per heavy atom. The molecular formula is C17H29N3O2S. The van der Waals surface area contributed by atoms with E-state index in [0.717, 1.165) is 37.4 Å². The quantitative estimate of drug-likeness (QED) is 0.882. The zero-order valence-electron chi connectivity index (χ0n) is 14.7. The Balaban J connectivity index is 1.94. The third kappa shape index (κ3) is 5.46. The number of thiazole rings is 1. The van der Waals surface area contributed by atoms with E-state index in [1.165, 1.54) is 6.42 Å². The molecule has 130 valence electrons. The van der Waals surface area contributed by atoms with Crippen molar-refractivity contribution in [3.8, 4) is 0 Å². The molecular weight excluding hydrogens is 310 g/mol. The lowest BCUT2D eigenvalue weighted by molar-refractivity contribution is 0.00964. The molecule has 1 fully saturated rings. The van der Waals surface area contributed by atoms with Crippen molar-refractivity contribution >= 4 is 17.4 Å². The third-order valence-corrected chi connectivity index (χ3v) is 4.90. The number of rotatable bonds is 5. The minimum absolute atomic E-state index is 0.189. The maximum atomic E-state index is 12.4. The van der Waals surface area contributed by atoms with Gasteiger partial charge in [-0.05, 0) is 46.5 Å². The van der Waals surface area contributed by atoms with Gasteiger partial charge in [0.05, 0.1) is 6.04 Å². The van der Waals surface area contributed by atoms with Crippen molar-refractivity contribution in [2.45, 2.75) is 71.1 Å². The largest absolute Gasteiger partial charge is 0.444 e. The van der Waals surface area contributed by atoms with Crippen LogP contribution in [0, 0.1) is 0 Å². The second kappa shape index (κ2) is 8.11. The predicted molar refractivity (Wildman–Crippen MR) is 93.7 cm³/mol. The molecule has 2 rings (SSSR count). The number of nitrogens with zero attached hydrogens (tertiary/aromatic N) is 2. The number of hydrogen-bond donors (Lipinski definition) is 1. The number of likely N-dealkylation sites (tertiary alicyclic amines) is 1. The number of carbonyl (C=O) groups excluding carboxylic acids is 1. The monoisotopic (exact) mass is 339 g/mol. The van der Waals surface area contributed by atoms with Gasteiger partial charge in [-0.1, -0.05) is 6.92 Å². The average Bonchev–Trinajstić information content (AvgIpc) is 3.01. The maximum absolute atomic E-state index is 12.4. The van der Waals surface area contributed by atoms with Crippen molar-refractivity contribution in [2.75, 3.05) is 13.1 Å². The van der Waals surface area contributed by atoms with Crippen molar-refractivity contribution in [2.24, 2.45) is 0 Å². The summed E-state index contributed by atoms with van der Waals surface area (Å²) in [5.74, 6) is 0. The Hall–Kier alpha value is -1.14. The number of piperidine rings is 1. The average molecular weight is 340 g/mol. The van der Waals surface area contributed by atoms with Crippen LogP contribution in [-0.4, -0.2) is 40.7 Å². The van der Waals surface area contributed by atoms with Crippen molar-refractivity contribution < 1.29 is 9.53 Å². The van der Waals surface area contributed by atoms with E-state index in [0.29, 0.717) is 0 Å². The van der Waals surface area contributed by atoms with Gasteiger partial charge in [0.1, 0.15) is 10.6 Å². The van der Waals surface area contributed by atoms with E-state index in [1.807, 2.05) is 37.2 Å². The fourth-order valence-electron chi connectivity index (χ4n) is 2.86. The molecule has 2 unspecified atom stereocenters. The van der Waals surface area contributed by atoms with Crippen molar-refractivity contribution in [1.82, 2.24) is 15.2 Å². The molecule has 0 bridgehead atoms. The molecule has 0 aliphatic carbocycles. The van der Waals surface area contributed by atoms with E-state index in [1.54, 1.807) is 11.3 Å². The SMILES string of the molecule is CCC(NCC1CCCCN1C(=O)OC(C)(C)C)c1nccs1. The van der Waals surface area contributed by atoms with Crippen LogP contribution in [-0.2, 0) is 4.74 Å². The topological polar surface area (TPSA) is 54.5 Å². The number of nitrogens with one attached hydrogen (secondary N) is 1. The lowest BCUT2D eigenvalue weighted by Gasteiger charge is -2.37. The fourth-order valence-corrected chi connectivity index (χ4v) is 3.66. The van der Waals surface area contributed by atoms with Gasteiger partial charge in [-0.25, -0.2) is 9.78 Å². The molecule has 1 amide bonds. The molecule has 1 saturated heterocycles. The summed E-state index contributed by atoms with van der Waals surface area (Å²) in [6.45, 7) is 9.48. The van der Waals surface area contributed by atoms with Crippen LogP contribution < -0.4 is 5.32 Å². The molecule has 1 aromatic rings. The highest BCUT2D eigenvalue weighted by molar-refractivity contribution is 7.09. The van der Waals surface area contributed by atoms with Crippen LogP contribution in [0.4, 0.5) is 4.79 Å². The van der Waals surface area contributed by atoms with Crippen LogP contribution in [0.2, 0.25) is 0 Å². The molecule has 1 N–H and O–H groups in total. The fraction of sp³-hybridized carbons (Fsp3) is 0.765. The minimum atomic E-state index is -0.445. The highest BCUT2D eigenvalue weighted by atomic mass is 32.1. The van der Waals surface area contributed by atoms with Crippen LogP contribution in [0.3, 0.4) is 0 Å². The van der Waals surface area contributed by atoms with E-state index in [2.05, 4.69) is 17.2 Å². The van der Waals surface area contributed by atoms with Crippen LogP contribution >= 0.6 is 11.3 Å². The lowest BCUT2D eigenvalue weighted by Crippen LogP contribution is -2.50. The summed E-state index contributed by atoms with van der Waals surface area (Å²) in [6.07, 6.45) is 5.90. The van der Waals surface area contributed by atoms with E-state index in [-0.39, 0.29) is 18.2 Å². The lowest BCUT2D eigenvalue weighted by atomic mass is 10.0. The van der Waals surface area contributed by atoms with Crippen LogP contribution in [0.25, 0.3) is 0 Å². The van der Waals surface area contributed by atoms with E-state index in [9.17, 15) is 4.79 Å². The molecule has 1 aliphatic rings. The Labute approximate surface area is 143 Å². The predicted octanol–water partition coefficient (Wildman–Crippen LogP) is 3.97. The number of ether oxygens (including phenoxy) is 1. The van der Waals surface area contributed by atoms with Crippen LogP contribution in [0.15, 0.2) is 11.6 Å². The van der Waals surface area contributed by atoms with Gasteiger partial charge in [0, 0.05) is 30.7 Å². The molecule has 1 aliphatic heterocycles. The van der Waals surface area contributed by atoms with Gasteiger partial charge >= 0.3 is 6.09 Å². The Kier molecular flexibility index (Phi) is 6.41. The van der Waals surface area contributed by atoms with Crippen molar-refractivity contribution in [1.29, 1.82) is 0 Å². The normalized spacial score (nSPS) is 20.3. The smallest absolute Gasteiger partial charge is 0.410 e. The van der Waals surface area contributed by atoms with Gasteiger partial charge in [-0.3, -0.25) is 0 Å². The first-order valence-corrected chi connectivity index (χ1v) is 9.41. The third-order valence-electron chi connectivity index (χ3n) is 4.01. The molecule has 0 spiro atoms. The highest BCUT2D eigenvalue weighted by Crippen LogP contribution is 2.23. The van der Waals surface area contributed by atoms with Crippen LogP contribution in [0.5, 0.6) is 0 Å². The number of amides is 1. The second-order valence-corrected chi connectivity index (χ2v) is 7.99. The molecule has 6 heteroatoms. The summed E-state index contributed by atoms with van der Waals surface area (Å²) >= 11 is 1.68. The summed E-state index contributed by atoms with van der Waals surface area (Å²) in [6, 6.07) is 0.463. The zero-order valence-corrected chi connectivity index (χ0v) is 15.5.